The molecule has 10 heteroatoms. The van der Waals surface area contributed by atoms with Gasteiger partial charge in [0, 0.05) is 12.8 Å². The third kappa shape index (κ3) is 32.4. The molecule has 60 heavy (non-hydrogen) atoms. The van der Waals surface area contributed by atoms with Crippen molar-refractivity contribution >= 4 is 11.9 Å². The lowest BCUT2D eigenvalue weighted by Gasteiger charge is -2.39. The summed E-state index contributed by atoms with van der Waals surface area (Å²) < 4.78 is 22.2. The van der Waals surface area contributed by atoms with E-state index in [-0.39, 0.29) is 32.0 Å². The minimum atomic E-state index is -1.59. The lowest BCUT2D eigenvalue weighted by atomic mass is 9.99. The number of ether oxygens (including phenoxy) is 4. The molecule has 1 heterocycles. The topological polar surface area (TPSA) is 152 Å². The molecule has 6 atom stereocenters. The van der Waals surface area contributed by atoms with Gasteiger partial charge in [-0.25, -0.2) is 0 Å². The van der Waals surface area contributed by atoms with Gasteiger partial charge in [-0.05, 0) is 12.8 Å². The van der Waals surface area contributed by atoms with Crippen LogP contribution in [0.1, 0.15) is 251 Å². The third-order valence-electron chi connectivity index (χ3n) is 12.2. The minimum absolute atomic E-state index is 0.209. The minimum Gasteiger partial charge on any atom is -0.462 e. The number of rotatable bonds is 44. The van der Waals surface area contributed by atoms with Crippen molar-refractivity contribution in [1.82, 2.24) is 0 Å². The highest BCUT2D eigenvalue weighted by atomic mass is 16.7. The maximum absolute atomic E-state index is 12.8. The van der Waals surface area contributed by atoms with Gasteiger partial charge in [-0.3, -0.25) is 9.59 Å². The van der Waals surface area contributed by atoms with E-state index >= 15 is 0 Å². The largest absolute Gasteiger partial charge is 0.462 e. The van der Waals surface area contributed by atoms with Crippen molar-refractivity contribution in [3.63, 3.8) is 0 Å². The lowest BCUT2D eigenvalue weighted by Crippen LogP contribution is -2.59. The van der Waals surface area contributed by atoms with E-state index in [9.17, 15) is 30.0 Å². The smallest absolute Gasteiger partial charge is 0.306 e. The predicted octanol–water partition coefficient (Wildman–Crippen LogP) is 11.7. The quantitative estimate of drug-likeness (QED) is 0.0344. The number of hydrogen-bond acceptors (Lipinski definition) is 10. The van der Waals surface area contributed by atoms with Crippen molar-refractivity contribution in [2.24, 2.45) is 0 Å². The molecule has 1 fully saturated rings. The van der Waals surface area contributed by atoms with Gasteiger partial charge in [0.2, 0.25) is 0 Å². The highest BCUT2D eigenvalue weighted by molar-refractivity contribution is 5.70. The molecule has 0 bridgehead atoms. The summed E-state index contributed by atoms with van der Waals surface area (Å²) in [6, 6.07) is 0. The normalized spacial score (nSPS) is 19.7. The molecule has 1 saturated heterocycles. The van der Waals surface area contributed by atoms with E-state index in [0.717, 1.165) is 38.5 Å². The molecule has 0 aromatic carbocycles. The molecule has 1 aliphatic rings. The van der Waals surface area contributed by atoms with Crippen LogP contribution in [0.3, 0.4) is 0 Å². The Morgan fingerprint density at radius 2 is 0.783 bits per heavy atom. The van der Waals surface area contributed by atoms with Crippen molar-refractivity contribution in [3.8, 4) is 0 Å². The molecule has 0 saturated carbocycles. The van der Waals surface area contributed by atoms with E-state index in [1.54, 1.807) is 0 Å². The van der Waals surface area contributed by atoms with Crippen LogP contribution >= 0.6 is 0 Å². The molecule has 0 aliphatic carbocycles. The second-order valence-electron chi connectivity index (χ2n) is 18.0. The first-order valence-electron chi connectivity index (χ1n) is 25.6. The van der Waals surface area contributed by atoms with Gasteiger partial charge in [0.15, 0.2) is 12.4 Å². The molecule has 0 amide bonds. The van der Waals surface area contributed by atoms with Gasteiger partial charge in [0.25, 0.3) is 0 Å². The van der Waals surface area contributed by atoms with Crippen LogP contribution in [-0.2, 0) is 28.5 Å². The molecule has 4 N–H and O–H groups in total. The van der Waals surface area contributed by atoms with Crippen LogP contribution < -0.4 is 0 Å². The predicted molar refractivity (Wildman–Crippen MR) is 243 cm³/mol. The fourth-order valence-electron chi connectivity index (χ4n) is 8.19. The van der Waals surface area contributed by atoms with Crippen LogP contribution in [-0.4, -0.2) is 89.0 Å². The summed E-state index contributed by atoms with van der Waals surface area (Å²) in [6.07, 6.45) is 36.9. The van der Waals surface area contributed by atoms with Crippen molar-refractivity contribution in [1.29, 1.82) is 0 Å². The number of aliphatic hydroxyl groups excluding tert-OH is 4. The van der Waals surface area contributed by atoms with Crippen molar-refractivity contribution in [3.05, 3.63) is 0 Å². The molecule has 0 radical (unpaired) electrons. The Balaban J connectivity index is 2.19. The summed E-state index contributed by atoms with van der Waals surface area (Å²) >= 11 is 0. The first-order chi connectivity index (χ1) is 29.3. The van der Waals surface area contributed by atoms with Gasteiger partial charge in [0.05, 0.1) is 13.2 Å². The average molecular weight is 857 g/mol. The van der Waals surface area contributed by atoms with Crippen LogP contribution in [0, 0.1) is 0 Å². The standard InChI is InChI=1S/C50H96O10/c1-3-5-7-9-11-13-15-17-18-19-20-21-22-23-24-25-26-27-29-30-32-34-36-38-45(52)57-41-43(42-58-50-49(56)48(55)47(54)44(40-51)60-50)59-46(53)39-37-35-33-31-28-16-14-12-10-8-6-4-2/h43-44,47-51,54-56H,3-42H2,1-2H3/t43-,44-,47+,48?,49?,50-/m0/s1. The molecule has 1 rings (SSSR count). The molecule has 1 aliphatic heterocycles. The first kappa shape index (κ1) is 56.7. The van der Waals surface area contributed by atoms with Crippen LogP contribution in [0.4, 0.5) is 0 Å². The zero-order valence-electron chi connectivity index (χ0n) is 39.0. The number of esters is 2. The van der Waals surface area contributed by atoms with Crippen molar-refractivity contribution in [2.75, 3.05) is 19.8 Å². The molecule has 2 unspecified atom stereocenters. The van der Waals surface area contributed by atoms with Gasteiger partial charge in [-0.1, -0.05) is 226 Å². The molecule has 10 nitrogen and oxygen atoms in total. The Morgan fingerprint density at radius 3 is 1.13 bits per heavy atom. The summed E-state index contributed by atoms with van der Waals surface area (Å²) in [5.74, 6) is -0.788. The monoisotopic (exact) mass is 857 g/mol. The Bertz CT molecular complexity index is 948. The molecular formula is C50H96O10. The summed E-state index contributed by atoms with van der Waals surface area (Å²) in [5.41, 5.74) is 0. The highest BCUT2D eigenvalue weighted by Gasteiger charge is 2.44. The van der Waals surface area contributed by atoms with Gasteiger partial charge in [0.1, 0.15) is 31.0 Å². The van der Waals surface area contributed by atoms with Gasteiger partial charge in [-0.2, -0.15) is 0 Å². The average Bonchev–Trinajstić information content (AvgIpc) is 3.25. The Hall–Kier alpha value is -1.30. The molecular weight excluding hydrogens is 761 g/mol. The summed E-state index contributed by atoms with van der Waals surface area (Å²) in [5, 5.41) is 40.1. The third-order valence-corrected chi connectivity index (χ3v) is 12.2. The maximum atomic E-state index is 12.8. The first-order valence-corrected chi connectivity index (χ1v) is 25.6. The summed E-state index contributed by atoms with van der Waals surface area (Å²) in [6.45, 7) is 3.46. The molecule has 0 aromatic heterocycles. The number of carbonyl (C=O) groups excluding carboxylic acids is 2. The van der Waals surface area contributed by atoms with E-state index in [2.05, 4.69) is 13.8 Å². The van der Waals surface area contributed by atoms with Crippen molar-refractivity contribution in [2.45, 2.75) is 288 Å². The van der Waals surface area contributed by atoms with Gasteiger partial charge >= 0.3 is 11.9 Å². The van der Waals surface area contributed by atoms with Crippen LogP contribution in [0.25, 0.3) is 0 Å². The summed E-state index contributed by atoms with van der Waals surface area (Å²) in [7, 11) is 0. The number of hydrogen-bond donors (Lipinski definition) is 4. The number of unbranched alkanes of at least 4 members (excludes halogenated alkanes) is 33. The fraction of sp³-hybridized carbons (Fsp3) is 0.960. The second kappa shape index (κ2) is 41.7. The molecule has 0 aromatic rings. The molecule has 0 spiro atoms. The van der Waals surface area contributed by atoms with Crippen LogP contribution in [0.15, 0.2) is 0 Å². The number of aliphatic hydroxyl groups is 4. The SMILES string of the molecule is CCCCCCCCCCCCCCCCCCCCCCCCCC(=O)OC[C@@H](CO[C@H]1O[C@@H](CO)[C@@H](O)C(O)C1O)OC(=O)CCCCCCCCCCCCCC. The zero-order chi connectivity index (χ0) is 43.7. The summed E-state index contributed by atoms with van der Waals surface area (Å²) in [4.78, 5) is 25.4. The van der Waals surface area contributed by atoms with Gasteiger partial charge in [-0.15, -0.1) is 0 Å². The van der Waals surface area contributed by atoms with E-state index in [1.807, 2.05) is 0 Å². The van der Waals surface area contributed by atoms with Crippen LogP contribution in [0.5, 0.6) is 0 Å². The van der Waals surface area contributed by atoms with Crippen LogP contribution in [0.2, 0.25) is 0 Å². The Kier molecular flexibility index (Phi) is 39.4. The lowest BCUT2D eigenvalue weighted by molar-refractivity contribution is -0.305. The molecule has 356 valence electrons. The highest BCUT2D eigenvalue weighted by Crippen LogP contribution is 2.23. The zero-order valence-corrected chi connectivity index (χ0v) is 39.0. The number of carbonyl (C=O) groups is 2. The van der Waals surface area contributed by atoms with Gasteiger partial charge < -0.3 is 39.4 Å². The Morgan fingerprint density at radius 1 is 0.450 bits per heavy atom. The Labute approximate surface area is 368 Å². The van der Waals surface area contributed by atoms with Crippen molar-refractivity contribution < 1.29 is 49.0 Å². The second-order valence-corrected chi connectivity index (χ2v) is 18.0. The van der Waals surface area contributed by atoms with E-state index in [0.29, 0.717) is 6.42 Å². The van der Waals surface area contributed by atoms with E-state index in [1.165, 1.54) is 180 Å². The fourth-order valence-corrected chi connectivity index (χ4v) is 8.19. The van der Waals surface area contributed by atoms with E-state index in [4.69, 9.17) is 18.9 Å². The van der Waals surface area contributed by atoms with E-state index < -0.39 is 49.4 Å². The maximum Gasteiger partial charge on any atom is 0.306 e.